The van der Waals surface area contributed by atoms with Gasteiger partial charge in [0, 0.05) is 18.1 Å². The minimum absolute atomic E-state index is 0.0609. The van der Waals surface area contributed by atoms with Crippen LogP contribution in [0, 0.1) is 11.8 Å². The highest BCUT2D eigenvalue weighted by Gasteiger charge is 2.49. The molecular weight excluding hydrogens is 320 g/mol. The van der Waals surface area contributed by atoms with Crippen LogP contribution in [0.25, 0.3) is 0 Å². The zero-order valence-electron chi connectivity index (χ0n) is 12.6. The molecule has 2 aliphatic carbocycles. The predicted octanol–water partition coefficient (Wildman–Crippen LogP) is 4.19. The normalized spacial score (nSPS) is 23.3. The highest BCUT2D eigenvalue weighted by molar-refractivity contribution is 7.10. The molecule has 23 heavy (non-hydrogen) atoms. The number of aryl methyl sites for hydroxylation is 1. The predicted molar refractivity (Wildman–Crippen MR) is 84.0 cm³/mol. The lowest BCUT2D eigenvalue weighted by Crippen LogP contribution is -2.14. The molecular formula is C16H17F2N3OS. The smallest absolute Gasteiger partial charge is 0.282 e. The van der Waals surface area contributed by atoms with E-state index in [1.165, 1.54) is 42.1 Å². The highest BCUT2D eigenvalue weighted by Crippen LogP contribution is 2.61. The van der Waals surface area contributed by atoms with E-state index in [0.29, 0.717) is 5.92 Å². The van der Waals surface area contributed by atoms with E-state index in [1.54, 1.807) is 11.3 Å². The van der Waals surface area contributed by atoms with Crippen molar-refractivity contribution in [3.05, 3.63) is 33.8 Å². The third kappa shape index (κ3) is 2.78. The van der Waals surface area contributed by atoms with Crippen LogP contribution in [0.5, 0.6) is 0 Å². The molecule has 2 aromatic rings. The van der Waals surface area contributed by atoms with Gasteiger partial charge in [0.25, 0.3) is 12.3 Å². The molecule has 0 radical (unpaired) electrons. The van der Waals surface area contributed by atoms with Crippen molar-refractivity contribution in [2.75, 3.05) is 5.32 Å². The van der Waals surface area contributed by atoms with E-state index >= 15 is 0 Å². The molecule has 2 fully saturated rings. The number of thiophene rings is 1. The van der Waals surface area contributed by atoms with Gasteiger partial charge in [-0.1, -0.05) is 0 Å². The Kier molecular flexibility index (Phi) is 3.48. The molecule has 1 N–H and O–H groups in total. The van der Waals surface area contributed by atoms with E-state index in [0.717, 1.165) is 17.5 Å². The molecule has 122 valence electrons. The fraction of sp³-hybridized carbons (Fsp3) is 0.500. The number of nitrogens with one attached hydrogen (secondary N) is 1. The molecule has 2 aliphatic rings. The van der Waals surface area contributed by atoms with Gasteiger partial charge in [0.05, 0.1) is 11.3 Å². The fourth-order valence-corrected chi connectivity index (χ4v) is 4.35. The number of aromatic nitrogens is 2. The minimum atomic E-state index is -2.76. The van der Waals surface area contributed by atoms with Gasteiger partial charge in [-0.3, -0.25) is 9.48 Å². The number of anilines is 1. The number of hydrogen-bond acceptors (Lipinski definition) is 3. The summed E-state index contributed by atoms with van der Waals surface area (Å²) in [5.41, 5.74) is 0.232. The number of carbonyl (C=O) groups excluding carboxylic acids is 1. The van der Waals surface area contributed by atoms with Gasteiger partial charge in [-0.2, -0.15) is 5.10 Å². The maximum Gasteiger partial charge on any atom is 0.282 e. The molecule has 4 nitrogen and oxygen atoms in total. The van der Waals surface area contributed by atoms with Crippen LogP contribution < -0.4 is 5.32 Å². The van der Waals surface area contributed by atoms with E-state index in [4.69, 9.17) is 0 Å². The summed E-state index contributed by atoms with van der Waals surface area (Å²) in [6, 6.07) is 1.86. The molecule has 0 bridgehead atoms. The van der Waals surface area contributed by atoms with Gasteiger partial charge in [-0.15, -0.1) is 11.3 Å². The van der Waals surface area contributed by atoms with Crippen molar-refractivity contribution in [3.8, 4) is 0 Å². The molecule has 2 heterocycles. The van der Waals surface area contributed by atoms with Crippen molar-refractivity contribution in [2.24, 2.45) is 18.9 Å². The Balaban J connectivity index is 1.53. The van der Waals surface area contributed by atoms with Gasteiger partial charge in [0.2, 0.25) is 0 Å². The third-order valence-corrected chi connectivity index (χ3v) is 5.70. The first-order valence-electron chi connectivity index (χ1n) is 7.75. The van der Waals surface area contributed by atoms with Crippen molar-refractivity contribution in [1.82, 2.24) is 9.78 Å². The maximum atomic E-state index is 13.0. The highest BCUT2D eigenvalue weighted by atomic mass is 32.1. The van der Waals surface area contributed by atoms with Crippen LogP contribution in [0.2, 0.25) is 0 Å². The lowest BCUT2D eigenvalue weighted by Gasteiger charge is -2.06. The Morgan fingerprint density at radius 1 is 1.48 bits per heavy atom. The largest absolute Gasteiger partial charge is 0.321 e. The number of hydrogen-bond donors (Lipinski definition) is 1. The topological polar surface area (TPSA) is 46.9 Å². The second kappa shape index (κ2) is 5.40. The van der Waals surface area contributed by atoms with Gasteiger partial charge in [-0.25, -0.2) is 8.78 Å². The van der Waals surface area contributed by atoms with Crippen LogP contribution in [0.4, 0.5) is 14.5 Å². The summed E-state index contributed by atoms with van der Waals surface area (Å²) in [4.78, 5) is 13.6. The fourth-order valence-electron chi connectivity index (χ4n) is 3.30. The van der Waals surface area contributed by atoms with Crippen molar-refractivity contribution in [1.29, 1.82) is 0 Å². The Morgan fingerprint density at radius 2 is 2.26 bits per heavy atom. The monoisotopic (exact) mass is 337 g/mol. The van der Waals surface area contributed by atoms with Gasteiger partial charge >= 0.3 is 0 Å². The third-order valence-electron chi connectivity index (χ3n) is 4.66. The number of amides is 1. The van der Waals surface area contributed by atoms with Crippen LogP contribution in [0.1, 0.15) is 52.5 Å². The van der Waals surface area contributed by atoms with Crippen LogP contribution in [0.3, 0.4) is 0 Å². The zero-order chi connectivity index (χ0) is 16.1. The van der Waals surface area contributed by atoms with Gasteiger partial charge in [-0.05, 0) is 48.5 Å². The molecule has 2 unspecified atom stereocenters. The molecule has 0 spiro atoms. The van der Waals surface area contributed by atoms with E-state index < -0.39 is 18.0 Å². The number of carbonyl (C=O) groups is 1. The summed E-state index contributed by atoms with van der Waals surface area (Å²) in [5.74, 6) is 1.62. The lowest BCUT2D eigenvalue weighted by molar-refractivity contribution is 0.101. The Morgan fingerprint density at radius 3 is 2.96 bits per heavy atom. The number of alkyl halides is 2. The Bertz CT molecular complexity index is 750. The quantitative estimate of drug-likeness (QED) is 0.889. The second-order valence-corrected chi connectivity index (χ2v) is 7.35. The molecule has 0 saturated heterocycles. The van der Waals surface area contributed by atoms with Crippen molar-refractivity contribution in [2.45, 2.75) is 31.6 Å². The van der Waals surface area contributed by atoms with Gasteiger partial charge in [0.15, 0.2) is 0 Å². The van der Waals surface area contributed by atoms with E-state index in [1.807, 2.05) is 11.4 Å². The molecule has 0 aromatic carbocycles. The molecule has 0 aliphatic heterocycles. The molecule has 4 rings (SSSR count). The second-order valence-electron chi connectivity index (χ2n) is 6.40. The van der Waals surface area contributed by atoms with Crippen LogP contribution >= 0.6 is 11.3 Å². The van der Waals surface area contributed by atoms with Gasteiger partial charge in [0.1, 0.15) is 5.69 Å². The average molecular weight is 337 g/mol. The maximum absolute atomic E-state index is 13.0. The summed E-state index contributed by atoms with van der Waals surface area (Å²) in [7, 11) is 1.53. The Labute approximate surface area is 136 Å². The standard InChI is InChI=1S/C16H17F2N3OS/c1-21-7-11(13(20-21)15(17)18)16(22)19-12-4-5-23-14(12)10-6-9(10)8-2-3-8/h4-5,7-10,15H,2-3,6H2,1H3,(H,19,22). The van der Waals surface area contributed by atoms with Crippen molar-refractivity contribution < 1.29 is 13.6 Å². The van der Waals surface area contributed by atoms with Crippen molar-refractivity contribution in [3.63, 3.8) is 0 Å². The van der Waals surface area contributed by atoms with Gasteiger partial charge < -0.3 is 5.32 Å². The summed E-state index contributed by atoms with van der Waals surface area (Å²) < 4.78 is 27.2. The summed E-state index contributed by atoms with van der Waals surface area (Å²) >= 11 is 1.64. The molecule has 2 aromatic heterocycles. The zero-order valence-corrected chi connectivity index (χ0v) is 13.4. The molecule has 2 saturated carbocycles. The van der Waals surface area contributed by atoms with Crippen molar-refractivity contribution >= 4 is 22.9 Å². The summed E-state index contributed by atoms with van der Waals surface area (Å²) in [6.45, 7) is 0. The minimum Gasteiger partial charge on any atom is -0.321 e. The average Bonchev–Trinajstić information content (AvgIpc) is 3.40. The molecule has 7 heteroatoms. The SMILES string of the molecule is Cn1cc(C(=O)Nc2ccsc2C2CC2C2CC2)c(C(F)F)n1. The first-order chi connectivity index (χ1) is 11.0. The van der Waals surface area contributed by atoms with Crippen LogP contribution in [0.15, 0.2) is 17.6 Å². The summed E-state index contributed by atoms with van der Waals surface area (Å²) in [5, 5.41) is 8.43. The summed E-state index contributed by atoms with van der Waals surface area (Å²) in [6.07, 6.45) is 2.40. The first-order valence-corrected chi connectivity index (χ1v) is 8.63. The number of nitrogens with zero attached hydrogens (tertiary/aromatic N) is 2. The van der Waals surface area contributed by atoms with E-state index in [2.05, 4.69) is 10.4 Å². The van der Waals surface area contributed by atoms with E-state index in [9.17, 15) is 13.6 Å². The number of rotatable bonds is 5. The van der Waals surface area contributed by atoms with Crippen LogP contribution in [-0.4, -0.2) is 15.7 Å². The van der Waals surface area contributed by atoms with Crippen LogP contribution in [-0.2, 0) is 7.05 Å². The Hall–Kier alpha value is -1.76. The first kappa shape index (κ1) is 14.8. The van der Waals surface area contributed by atoms with E-state index in [-0.39, 0.29) is 5.56 Å². The number of halogens is 2. The lowest BCUT2D eigenvalue weighted by atomic mass is 10.2. The molecule has 2 atom stereocenters. The molecule has 1 amide bonds.